The molecule has 2 aliphatic heterocycles. The molecule has 1 aliphatic carbocycles. The molecule has 1 saturated heterocycles. The number of ether oxygens (including phenoxy) is 1. The van der Waals surface area contributed by atoms with E-state index >= 15 is 0 Å². The molecule has 0 amide bonds. The molecule has 1 N–H and O–H groups in total. The van der Waals surface area contributed by atoms with Crippen molar-refractivity contribution >= 4 is 15.7 Å². The van der Waals surface area contributed by atoms with Crippen LogP contribution in [0.1, 0.15) is 48.8 Å². The molecule has 6 heteroatoms. The van der Waals surface area contributed by atoms with Gasteiger partial charge in [0.1, 0.15) is 5.75 Å². The van der Waals surface area contributed by atoms with E-state index in [9.17, 15) is 8.42 Å². The maximum Gasteiger partial charge on any atom is 0.243 e. The van der Waals surface area contributed by atoms with Gasteiger partial charge in [0.05, 0.1) is 18.0 Å². The van der Waals surface area contributed by atoms with Gasteiger partial charge in [0.2, 0.25) is 10.0 Å². The molecule has 5 nitrogen and oxygen atoms in total. The molecule has 0 radical (unpaired) electrons. The summed E-state index contributed by atoms with van der Waals surface area (Å²) >= 11 is 0. The molecule has 2 heterocycles. The van der Waals surface area contributed by atoms with E-state index in [2.05, 4.69) is 29.6 Å². The van der Waals surface area contributed by atoms with Crippen molar-refractivity contribution in [2.24, 2.45) is 5.92 Å². The molecular weight excluding hydrogens is 396 g/mol. The fraction of sp³-hybridized carbons (Fsp3) is 0.417. The molecule has 0 aromatic heterocycles. The number of fused-ring (bicyclic) bond motifs is 3. The van der Waals surface area contributed by atoms with Crippen LogP contribution in [-0.4, -0.2) is 32.9 Å². The number of hydrogen-bond acceptors (Lipinski definition) is 4. The summed E-state index contributed by atoms with van der Waals surface area (Å²) in [5.74, 6) is 1.43. The average molecular weight is 425 g/mol. The number of methoxy groups -OCH3 is 1. The number of sulfonamides is 1. The number of piperidine rings is 1. The van der Waals surface area contributed by atoms with Gasteiger partial charge in [0.15, 0.2) is 0 Å². The number of hydrogen-bond donors (Lipinski definition) is 1. The van der Waals surface area contributed by atoms with Crippen molar-refractivity contribution in [3.05, 3.63) is 65.7 Å². The third-order valence-electron chi connectivity index (χ3n) is 6.74. The fourth-order valence-electron chi connectivity index (χ4n) is 5.15. The smallest absolute Gasteiger partial charge is 0.243 e. The molecule has 158 valence electrons. The molecule has 0 bridgehead atoms. The van der Waals surface area contributed by atoms with Crippen molar-refractivity contribution in [1.82, 2.24) is 4.31 Å². The summed E-state index contributed by atoms with van der Waals surface area (Å²) in [6.45, 7) is 1.25. The van der Waals surface area contributed by atoms with Gasteiger partial charge >= 0.3 is 0 Å². The van der Waals surface area contributed by atoms with E-state index in [4.69, 9.17) is 4.74 Å². The predicted molar refractivity (Wildman–Crippen MR) is 118 cm³/mol. The summed E-state index contributed by atoms with van der Waals surface area (Å²) in [6.07, 6.45) is 8.45. The van der Waals surface area contributed by atoms with Crippen LogP contribution in [0.15, 0.2) is 59.5 Å². The van der Waals surface area contributed by atoms with E-state index in [0.29, 0.717) is 23.9 Å². The maximum absolute atomic E-state index is 13.2. The fourth-order valence-corrected chi connectivity index (χ4v) is 6.71. The normalized spacial score (nSPS) is 26.0. The molecule has 3 aliphatic rings. The van der Waals surface area contributed by atoms with Gasteiger partial charge in [-0.25, -0.2) is 8.42 Å². The van der Waals surface area contributed by atoms with Crippen LogP contribution in [0.4, 0.5) is 5.69 Å². The molecule has 0 saturated carbocycles. The highest BCUT2D eigenvalue weighted by Crippen LogP contribution is 2.50. The third-order valence-corrected chi connectivity index (χ3v) is 8.63. The van der Waals surface area contributed by atoms with E-state index < -0.39 is 10.0 Å². The minimum absolute atomic E-state index is 0.164. The molecule has 3 atom stereocenters. The molecular formula is C24H28N2O3S. The van der Waals surface area contributed by atoms with Gasteiger partial charge in [-0.1, -0.05) is 30.7 Å². The van der Waals surface area contributed by atoms with Gasteiger partial charge in [-0.05, 0) is 66.6 Å². The van der Waals surface area contributed by atoms with E-state index in [-0.39, 0.29) is 12.0 Å². The Labute approximate surface area is 178 Å². The first-order chi connectivity index (χ1) is 14.6. The highest BCUT2D eigenvalue weighted by atomic mass is 32.2. The van der Waals surface area contributed by atoms with Crippen LogP contribution in [0.2, 0.25) is 0 Å². The minimum Gasteiger partial charge on any atom is -0.497 e. The van der Waals surface area contributed by atoms with Gasteiger partial charge in [-0.2, -0.15) is 4.31 Å². The number of anilines is 1. The van der Waals surface area contributed by atoms with Crippen LogP contribution in [-0.2, 0) is 10.0 Å². The topological polar surface area (TPSA) is 58.6 Å². The first-order valence-corrected chi connectivity index (χ1v) is 12.2. The van der Waals surface area contributed by atoms with Crippen LogP contribution < -0.4 is 10.1 Å². The Balaban J connectivity index is 1.51. The second kappa shape index (κ2) is 7.75. The van der Waals surface area contributed by atoms with Crippen molar-refractivity contribution in [1.29, 1.82) is 0 Å². The lowest BCUT2D eigenvalue weighted by molar-refractivity contribution is 0.346. The quantitative estimate of drug-likeness (QED) is 0.723. The summed E-state index contributed by atoms with van der Waals surface area (Å²) in [7, 11) is -1.75. The Kier molecular flexibility index (Phi) is 5.07. The predicted octanol–water partition coefficient (Wildman–Crippen LogP) is 4.70. The van der Waals surface area contributed by atoms with E-state index in [0.717, 1.165) is 42.7 Å². The van der Waals surface area contributed by atoms with Crippen LogP contribution in [0.5, 0.6) is 5.75 Å². The molecule has 2 aromatic rings. The van der Waals surface area contributed by atoms with Crippen molar-refractivity contribution in [3.63, 3.8) is 0 Å². The number of rotatable bonds is 4. The summed E-state index contributed by atoms with van der Waals surface area (Å²) in [5, 5.41) is 3.69. The van der Waals surface area contributed by atoms with E-state index in [1.165, 1.54) is 5.56 Å². The van der Waals surface area contributed by atoms with Crippen LogP contribution in [0.25, 0.3) is 0 Å². The van der Waals surface area contributed by atoms with Gasteiger partial charge in [-0.3, -0.25) is 0 Å². The Morgan fingerprint density at radius 3 is 2.70 bits per heavy atom. The van der Waals surface area contributed by atoms with Crippen molar-refractivity contribution in [3.8, 4) is 5.75 Å². The summed E-state index contributed by atoms with van der Waals surface area (Å²) in [4.78, 5) is 0.420. The number of nitrogens with one attached hydrogen (secondary N) is 1. The van der Waals surface area contributed by atoms with Crippen molar-refractivity contribution in [2.45, 2.75) is 42.5 Å². The zero-order valence-corrected chi connectivity index (χ0v) is 18.1. The number of nitrogens with zero attached hydrogens (tertiary/aromatic N) is 1. The lowest BCUT2D eigenvalue weighted by Gasteiger charge is -2.38. The molecule has 3 unspecified atom stereocenters. The second-order valence-electron chi connectivity index (χ2n) is 8.47. The lowest BCUT2D eigenvalue weighted by Crippen LogP contribution is -2.36. The largest absolute Gasteiger partial charge is 0.497 e. The van der Waals surface area contributed by atoms with E-state index in [1.54, 1.807) is 17.5 Å². The molecule has 1 fully saturated rings. The Morgan fingerprint density at radius 1 is 1.07 bits per heavy atom. The first-order valence-electron chi connectivity index (χ1n) is 10.8. The molecule has 2 aromatic carbocycles. The molecule has 30 heavy (non-hydrogen) atoms. The molecule has 0 spiro atoms. The zero-order chi connectivity index (χ0) is 20.7. The standard InChI is InChI=1S/C24H28N2O3S/c1-29-18-8-5-7-17(15-18)24-21-10-6-9-20(21)22-16-19(11-12-23(22)25-24)30(27,28)26-13-3-2-4-14-26/h5-9,11-12,15-16,20-21,24-25H,2-4,10,13-14H2,1H3. The molecule has 5 rings (SSSR count). The zero-order valence-electron chi connectivity index (χ0n) is 17.3. The summed E-state index contributed by atoms with van der Waals surface area (Å²) < 4.78 is 33.5. The average Bonchev–Trinajstić information content (AvgIpc) is 3.29. The highest BCUT2D eigenvalue weighted by Gasteiger charge is 2.39. The van der Waals surface area contributed by atoms with Crippen LogP contribution >= 0.6 is 0 Å². The Hall–Kier alpha value is -2.31. The number of benzene rings is 2. The van der Waals surface area contributed by atoms with Gasteiger partial charge in [-0.15, -0.1) is 0 Å². The lowest BCUT2D eigenvalue weighted by atomic mass is 9.77. The maximum atomic E-state index is 13.2. The number of allylic oxidation sites excluding steroid dienone is 2. The van der Waals surface area contributed by atoms with Crippen LogP contribution in [0.3, 0.4) is 0 Å². The summed E-state index contributed by atoms with van der Waals surface area (Å²) in [6, 6.07) is 14.0. The van der Waals surface area contributed by atoms with Gasteiger partial charge in [0.25, 0.3) is 0 Å². The van der Waals surface area contributed by atoms with E-state index in [1.807, 2.05) is 24.3 Å². The minimum atomic E-state index is -3.43. The van der Waals surface area contributed by atoms with Crippen molar-refractivity contribution < 1.29 is 13.2 Å². The Bertz CT molecular complexity index is 1070. The second-order valence-corrected chi connectivity index (χ2v) is 10.4. The van der Waals surface area contributed by atoms with Gasteiger partial charge in [0, 0.05) is 24.7 Å². The van der Waals surface area contributed by atoms with Gasteiger partial charge < -0.3 is 10.1 Å². The van der Waals surface area contributed by atoms with Crippen molar-refractivity contribution in [2.75, 3.05) is 25.5 Å². The van der Waals surface area contributed by atoms with Crippen LogP contribution in [0, 0.1) is 5.92 Å². The first kappa shape index (κ1) is 19.6. The third kappa shape index (κ3) is 3.32. The summed E-state index contributed by atoms with van der Waals surface area (Å²) in [5.41, 5.74) is 3.31. The monoisotopic (exact) mass is 424 g/mol. The SMILES string of the molecule is COc1cccc(C2Nc3ccc(S(=O)(=O)N4CCCCC4)cc3C3C=CCC32)c1. The highest BCUT2D eigenvalue weighted by molar-refractivity contribution is 7.89. The Morgan fingerprint density at radius 2 is 1.90 bits per heavy atom.